The smallest absolute Gasteiger partial charge is 0.329 e. The number of carbonyl (C=O) groups is 2. The van der Waals surface area contributed by atoms with Crippen molar-refractivity contribution in [2.75, 3.05) is 13.1 Å². The zero-order valence-electron chi connectivity index (χ0n) is 9.25. The van der Waals surface area contributed by atoms with Gasteiger partial charge in [-0.15, -0.1) is 0 Å². The van der Waals surface area contributed by atoms with Crippen molar-refractivity contribution in [1.29, 1.82) is 0 Å². The van der Waals surface area contributed by atoms with Gasteiger partial charge in [0.05, 0.1) is 0 Å². The molecule has 0 aromatic carbocycles. The van der Waals surface area contributed by atoms with Crippen molar-refractivity contribution in [3.05, 3.63) is 0 Å². The highest BCUT2D eigenvalue weighted by molar-refractivity contribution is 5.86. The van der Waals surface area contributed by atoms with E-state index in [4.69, 9.17) is 5.11 Å². The molecule has 0 saturated carbocycles. The zero-order chi connectivity index (χ0) is 11.5. The third-order valence-electron chi connectivity index (χ3n) is 2.92. The third kappa shape index (κ3) is 2.22. The lowest BCUT2D eigenvalue weighted by Crippen LogP contribution is -2.59. The first kappa shape index (κ1) is 11.8. The van der Waals surface area contributed by atoms with Crippen LogP contribution in [0, 0.1) is 0 Å². The normalized spacial score (nSPS) is 26.1. The van der Waals surface area contributed by atoms with E-state index in [0.29, 0.717) is 19.5 Å². The summed E-state index contributed by atoms with van der Waals surface area (Å²) in [5.74, 6) is -0.923. The molecule has 5 nitrogen and oxygen atoms in total. The minimum atomic E-state index is -1.04. The third-order valence-corrected chi connectivity index (χ3v) is 2.92. The second-order valence-corrected chi connectivity index (χ2v) is 4.02. The number of amides is 2. The summed E-state index contributed by atoms with van der Waals surface area (Å²) >= 11 is 0. The number of carboxylic acids is 1. The van der Waals surface area contributed by atoms with Crippen molar-refractivity contribution in [3.8, 4) is 0 Å². The van der Waals surface area contributed by atoms with Crippen LogP contribution in [0.15, 0.2) is 0 Å². The van der Waals surface area contributed by atoms with Crippen LogP contribution >= 0.6 is 0 Å². The van der Waals surface area contributed by atoms with Crippen LogP contribution in [-0.4, -0.2) is 40.6 Å². The van der Waals surface area contributed by atoms with Gasteiger partial charge in [0, 0.05) is 13.1 Å². The minimum absolute atomic E-state index is 0.276. The summed E-state index contributed by atoms with van der Waals surface area (Å²) in [7, 11) is 0. The molecule has 15 heavy (non-hydrogen) atoms. The Morgan fingerprint density at radius 3 is 2.67 bits per heavy atom. The van der Waals surface area contributed by atoms with Gasteiger partial charge in [0.1, 0.15) is 5.54 Å². The molecule has 0 bridgehead atoms. The van der Waals surface area contributed by atoms with Crippen molar-refractivity contribution < 1.29 is 14.7 Å². The first-order chi connectivity index (χ1) is 7.02. The van der Waals surface area contributed by atoms with Gasteiger partial charge in [0.15, 0.2) is 0 Å². The molecule has 0 aromatic rings. The molecule has 1 saturated heterocycles. The summed E-state index contributed by atoms with van der Waals surface area (Å²) in [6, 6.07) is -0.276. The average Bonchev–Trinajstić information content (AvgIpc) is 2.18. The number of carboxylic acid groups (broad SMARTS) is 1. The molecule has 1 unspecified atom stereocenters. The van der Waals surface area contributed by atoms with Gasteiger partial charge in [0.25, 0.3) is 0 Å². The van der Waals surface area contributed by atoms with E-state index in [0.717, 1.165) is 12.8 Å². The average molecular weight is 214 g/mol. The summed E-state index contributed by atoms with van der Waals surface area (Å²) in [4.78, 5) is 24.3. The van der Waals surface area contributed by atoms with Gasteiger partial charge in [-0.25, -0.2) is 9.59 Å². The molecular formula is C10H18N2O3. The van der Waals surface area contributed by atoms with Crippen LogP contribution in [0.25, 0.3) is 0 Å². The lowest BCUT2D eigenvalue weighted by atomic mass is 9.89. The van der Waals surface area contributed by atoms with E-state index in [9.17, 15) is 9.59 Å². The summed E-state index contributed by atoms with van der Waals surface area (Å²) in [5.41, 5.74) is -1.04. The first-order valence-electron chi connectivity index (χ1n) is 5.31. The SMILES string of the molecule is CCNC(=O)N1CCCCC1(C)C(=O)O. The molecule has 1 atom stereocenters. The van der Waals surface area contributed by atoms with Gasteiger partial charge < -0.3 is 15.3 Å². The zero-order valence-corrected chi connectivity index (χ0v) is 9.25. The van der Waals surface area contributed by atoms with Crippen LogP contribution in [0.4, 0.5) is 4.79 Å². The Morgan fingerprint density at radius 2 is 2.13 bits per heavy atom. The molecule has 5 heteroatoms. The van der Waals surface area contributed by atoms with E-state index < -0.39 is 11.5 Å². The van der Waals surface area contributed by atoms with Crippen molar-refractivity contribution in [2.24, 2.45) is 0 Å². The maximum Gasteiger partial charge on any atom is 0.329 e. The second kappa shape index (κ2) is 4.51. The van der Waals surface area contributed by atoms with Gasteiger partial charge in [0.2, 0.25) is 0 Å². The molecule has 0 aliphatic carbocycles. The van der Waals surface area contributed by atoms with E-state index in [2.05, 4.69) is 5.32 Å². The van der Waals surface area contributed by atoms with Crippen molar-refractivity contribution in [2.45, 2.75) is 38.6 Å². The van der Waals surface area contributed by atoms with Gasteiger partial charge >= 0.3 is 12.0 Å². The highest BCUT2D eigenvalue weighted by Crippen LogP contribution is 2.28. The Labute approximate surface area is 89.4 Å². The lowest BCUT2D eigenvalue weighted by Gasteiger charge is -2.41. The highest BCUT2D eigenvalue weighted by Gasteiger charge is 2.43. The molecule has 2 amide bonds. The fraction of sp³-hybridized carbons (Fsp3) is 0.800. The van der Waals surface area contributed by atoms with Crippen molar-refractivity contribution in [1.82, 2.24) is 10.2 Å². The molecule has 0 spiro atoms. The molecule has 1 aliphatic heterocycles. The van der Waals surface area contributed by atoms with Crippen molar-refractivity contribution in [3.63, 3.8) is 0 Å². The molecular weight excluding hydrogens is 196 g/mol. The lowest BCUT2D eigenvalue weighted by molar-refractivity contribution is -0.150. The molecule has 2 N–H and O–H groups in total. The predicted octanol–water partition coefficient (Wildman–Crippen LogP) is 1.05. The number of piperidine rings is 1. The van der Waals surface area contributed by atoms with Gasteiger partial charge in [-0.05, 0) is 33.1 Å². The Bertz CT molecular complexity index is 267. The Kier molecular flexibility index (Phi) is 3.55. The van der Waals surface area contributed by atoms with Gasteiger partial charge in [-0.2, -0.15) is 0 Å². The number of nitrogens with one attached hydrogen (secondary N) is 1. The Hall–Kier alpha value is -1.26. The van der Waals surface area contributed by atoms with E-state index in [1.165, 1.54) is 4.90 Å². The highest BCUT2D eigenvalue weighted by atomic mass is 16.4. The van der Waals surface area contributed by atoms with Crippen LogP contribution in [0.2, 0.25) is 0 Å². The standard InChI is InChI=1S/C10H18N2O3/c1-3-11-9(15)12-7-5-4-6-10(12,2)8(13)14/h3-7H2,1-2H3,(H,11,15)(H,13,14). The molecule has 0 radical (unpaired) electrons. The summed E-state index contributed by atoms with van der Waals surface area (Å²) in [5, 5.41) is 11.8. The number of nitrogens with zero attached hydrogens (tertiary/aromatic N) is 1. The maximum atomic E-state index is 11.7. The van der Waals surface area contributed by atoms with Crippen molar-refractivity contribution >= 4 is 12.0 Å². The topological polar surface area (TPSA) is 69.6 Å². The predicted molar refractivity (Wildman–Crippen MR) is 55.7 cm³/mol. The fourth-order valence-electron chi connectivity index (χ4n) is 1.92. The number of aliphatic carboxylic acids is 1. The fourth-order valence-corrected chi connectivity index (χ4v) is 1.92. The number of hydrogen-bond acceptors (Lipinski definition) is 2. The molecule has 0 aromatic heterocycles. The molecule has 1 rings (SSSR count). The van der Waals surface area contributed by atoms with E-state index in [1.807, 2.05) is 6.92 Å². The van der Waals surface area contributed by atoms with Crippen LogP contribution in [0.1, 0.15) is 33.1 Å². The van der Waals surface area contributed by atoms with Gasteiger partial charge in [-0.3, -0.25) is 0 Å². The Balaban J connectivity index is 2.82. The van der Waals surface area contributed by atoms with E-state index >= 15 is 0 Å². The minimum Gasteiger partial charge on any atom is -0.480 e. The largest absolute Gasteiger partial charge is 0.480 e. The monoisotopic (exact) mass is 214 g/mol. The quantitative estimate of drug-likeness (QED) is 0.721. The summed E-state index contributed by atoms with van der Waals surface area (Å²) in [6.45, 7) is 4.48. The number of likely N-dealkylation sites (tertiary alicyclic amines) is 1. The molecule has 1 heterocycles. The summed E-state index contributed by atoms with van der Waals surface area (Å²) < 4.78 is 0. The van der Waals surface area contributed by atoms with E-state index in [-0.39, 0.29) is 6.03 Å². The molecule has 1 aliphatic rings. The van der Waals surface area contributed by atoms with Crippen LogP contribution in [0.3, 0.4) is 0 Å². The van der Waals surface area contributed by atoms with Crippen LogP contribution in [0.5, 0.6) is 0 Å². The number of rotatable bonds is 2. The summed E-state index contributed by atoms with van der Waals surface area (Å²) in [6.07, 6.45) is 2.26. The number of urea groups is 1. The number of hydrogen-bond donors (Lipinski definition) is 2. The van der Waals surface area contributed by atoms with E-state index in [1.54, 1.807) is 6.92 Å². The first-order valence-corrected chi connectivity index (χ1v) is 5.31. The number of carbonyl (C=O) groups excluding carboxylic acids is 1. The van der Waals surface area contributed by atoms with Crippen LogP contribution < -0.4 is 5.32 Å². The Morgan fingerprint density at radius 1 is 1.47 bits per heavy atom. The van der Waals surface area contributed by atoms with Gasteiger partial charge in [-0.1, -0.05) is 0 Å². The molecule has 86 valence electrons. The molecule has 1 fully saturated rings. The van der Waals surface area contributed by atoms with Crippen LogP contribution in [-0.2, 0) is 4.79 Å². The second-order valence-electron chi connectivity index (χ2n) is 4.02. The maximum absolute atomic E-state index is 11.7.